The maximum atomic E-state index is 12.9. The molecule has 118 valence electrons. The quantitative estimate of drug-likeness (QED) is 0.858. The molecule has 5 heteroatoms. The summed E-state index contributed by atoms with van der Waals surface area (Å²) in [4.78, 5) is 0.380. The molecule has 21 heavy (non-hydrogen) atoms. The van der Waals surface area contributed by atoms with Crippen LogP contribution in [0, 0.1) is 19.8 Å². The van der Waals surface area contributed by atoms with Crippen molar-refractivity contribution in [1.82, 2.24) is 4.31 Å². The number of hydrogen-bond donors (Lipinski definition) is 0. The highest BCUT2D eigenvalue weighted by Crippen LogP contribution is 2.30. The molecule has 1 aliphatic rings. The van der Waals surface area contributed by atoms with Gasteiger partial charge in [0.2, 0.25) is 10.0 Å². The molecule has 0 unspecified atom stereocenters. The highest BCUT2D eigenvalue weighted by molar-refractivity contribution is 7.89. The first kappa shape index (κ1) is 16.3. The molecule has 0 spiro atoms. The topological polar surface area (TPSA) is 46.6 Å². The predicted octanol–water partition coefficient (Wildman–Crippen LogP) is 3.12. The summed E-state index contributed by atoms with van der Waals surface area (Å²) < 4.78 is 33.0. The average molecular weight is 311 g/mol. The lowest BCUT2D eigenvalue weighted by Gasteiger charge is -2.30. The van der Waals surface area contributed by atoms with Crippen LogP contribution in [0.1, 0.15) is 37.8 Å². The first-order valence-corrected chi connectivity index (χ1v) is 9.04. The van der Waals surface area contributed by atoms with Crippen molar-refractivity contribution in [3.05, 3.63) is 23.3 Å². The third-order valence-electron chi connectivity index (χ3n) is 4.01. The van der Waals surface area contributed by atoms with Crippen molar-refractivity contribution in [3.8, 4) is 5.75 Å². The smallest absolute Gasteiger partial charge is 0.243 e. The fraction of sp³-hybridized carbons (Fsp3) is 0.625. The van der Waals surface area contributed by atoms with E-state index in [1.807, 2.05) is 26.8 Å². The second-order valence-corrected chi connectivity index (χ2v) is 7.83. The molecule has 1 aromatic carbocycles. The molecule has 0 saturated carbocycles. The zero-order chi connectivity index (χ0) is 15.6. The summed E-state index contributed by atoms with van der Waals surface area (Å²) in [6, 6.07) is 3.58. The summed E-state index contributed by atoms with van der Waals surface area (Å²) >= 11 is 0. The van der Waals surface area contributed by atoms with Crippen molar-refractivity contribution >= 4 is 10.0 Å². The van der Waals surface area contributed by atoms with Crippen LogP contribution in [0.25, 0.3) is 0 Å². The van der Waals surface area contributed by atoms with Crippen LogP contribution in [-0.4, -0.2) is 32.4 Å². The lowest BCUT2D eigenvalue weighted by molar-refractivity contribution is 0.281. The number of rotatable bonds is 4. The van der Waals surface area contributed by atoms with Crippen LogP contribution in [0.15, 0.2) is 17.0 Å². The third-order valence-corrected chi connectivity index (χ3v) is 6.02. The van der Waals surface area contributed by atoms with Gasteiger partial charge in [0.25, 0.3) is 0 Å². The van der Waals surface area contributed by atoms with Crippen LogP contribution < -0.4 is 4.74 Å². The summed E-state index contributed by atoms with van der Waals surface area (Å²) in [7, 11) is -3.43. The van der Waals surface area contributed by atoms with Gasteiger partial charge in [0.05, 0.1) is 11.5 Å². The summed E-state index contributed by atoms with van der Waals surface area (Å²) in [5.41, 5.74) is 1.76. The zero-order valence-corrected chi connectivity index (χ0v) is 14.2. The van der Waals surface area contributed by atoms with Gasteiger partial charge in [0.15, 0.2) is 0 Å². The Morgan fingerprint density at radius 2 is 2.00 bits per heavy atom. The van der Waals surface area contributed by atoms with Gasteiger partial charge in [0.1, 0.15) is 5.75 Å². The van der Waals surface area contributed by atoms with E-state index >= 15 is 0 Å². The van der Waals surface area contributed by atoms with E-state index in [9.17, 15) is 8.42 Å². The maximum absolute atomic E-state index is 12.9. The van der Waals surface area contributed by atoms with Gasteiger partial charge in [-0.15, -0.1) is 0 Å². The first-order valence-electron chi connectivity index (χ1n) is 7.60. The number of hydrogen-bond acceptors (Lipinski definition) is 3. The second kappa shape index (κ2) is 6.36. The molecule has 1 heterocycles. The number of ether oxygens (including phenoxy) is 1. The first-order chi connectivity index (χ1) is 9.86. The van der Waals surface area contributed by atoms with Crippen molar-refractivity contribution < 1.29 is 13.2 Å². The molecule has 1 aliphatic heterocycles. The van der Waals surface area contributed by atoms with Gasteiger partial charge in [-0.2, -0.15) is 4.31 Å². The van der Waals surface area contributed by atoms with Gasteiger partial charge in [-0.1, -0.05) is 13.0 Å². The standard InChI is InChI=1S/C16H25NO3S/c1-5-20-15-10-16(14(4)9-13(15)3)21(18,19)17-8-6-7-12(2)11-17/h9-10,12H,5-8,11H2,1-4H3/t12-/m1/s1. The molecule has 1 saturated heterocycles. The number of benzene rings is 1. The Labute approximate surface area is 128 Å². The minimum atomic E-state index is -3.43. The number of aryl methyl sites for hydroxylation is 2. The molecule has 1 aromatic rings. The largest absolute Gasteiger partial charge is 0.494 e. The molecule has 0 N–H and O–H groups in total. The van der Waals surface area contributed by atoms with E-state index in [4.69, 9.17) is 4.74 Å². The van der Waals surface area contributed by atoms with Crippen LogP contribution in [0.3, 0.4) is 0 Å². The Bertz CT molecular complexity index is 610. The molecule has 1 atom stereocenters. The molecule has 0 bridgehead atoms. The molecule has 1 fully saturated rings. The van der Waals surface area contributed by atoms with Crippen molar-refractivity contribution in [2.45, 2.75) is 45.4 Å². The van der Waals surface area contributed by atoms with E-state index < -0.39 is 10.0 Å². The molecule has 0 radical (unpaired) electrons. The lowest BCUT2D eigenvalue weighted by Crippen LogP contribution is -2.39. The van der Waals surface area contributed by atoms with Crippen LogP contribution >= 0.6 is 0 Å². The molecule has 0 aromatic heterocycles. The highest BCUT2D eigenvalue weighted by atomic mass is 32.2. The van der Waals surface area contributed by atoms with E-state index in [0.717, 1.165) is 24.0 Å². The van der Waals surface area contributed by atoms with Crippen molar-refractivity contribution in [3.63, 3.8) is 0 Å². The van der Waals surface area contributed by atoms with Crippen LogP contribution in [-0.2, 0) is 10.0 Å². The monoisotopic (exact) mass is 311 g/mol. The minimum absolute atomic E-state index is 0.380. The summed E-state index contributed by atoms with van der Waals surface area (Å²) in [6.45, 7) is 9.56. The number of nitrogens with zero attached hydrogens (tertiary/aromatic N) is 1. The molecule has 2 rings (SSSR count). The summed E-state index contributed by atoms with van der Waals surface area (Å²) in [6.07, 6.45) is 2.03. The molecular formula is C16H25NO3S. The van der Waals surface area contributed by atoms with E-state index in [-0.39, 0.29) is 0 Å². The summed E-state index contributed by atoms with van der Waals surface area (Å²) in [5, 5.41) is 0. The maximum Gasteiger partial charge on any atom is 0.243 e. The molecule has 4 nitrogen and oxygen atoms in total. The van der Waals surface area contributed by atoms with E-state index in [2.05, 4.69) is 6.92 Å². The number of sulfonamides is 1. The van der Waals surface area contributed by atoms with Gasteiger partial charge < -0.3 is 4.74 Å². The fourth-order valence-corrected chi connectivity index (χ4v) is 4.73. The average Bonchev–Trinajstić information content (AvgIpc) is 2.41. The normalized spacial score (nSPS) is 20.5. The second-order valence-electron chi connectivity index (χ2n) is 5.93. The Morgan fingerprint density at radius 3 is 2.62 bits per heavy atom. The van der Waals surface area contributed by atoms with E-state index in [1.165, 1.54) is 0 Å². The van der Waals surface area contributed by atoms with Crippen LogP contribution in [0.2, 0.25) is 0 Å². The van der Waals surface area contributed by atoms with Gasteiger partial charge in [0, 0.05) is 19.2 Å². The minimum Gasteiger partial charge on any atom is -0.494 e. The summed E-state index contributed by atoms with van der Waals surface area (Å²) in [5.74, 6) is 1.08. The Hall–Kier alpha value is -1.07. The lowest BCUT2D eigenvalue weighted by atomic mass is 10.0. The Balaban J connectivity index is 2.41. The third kappa shape index (κ3) is 3.40. The van der Waals surface area contributed by atoms with Crippen molar-refractivity contribution in [2.75, 3.05) is 19.7 Å². The zero-order valence-electron chi connectivity index (χ0n) is 13.3. The van der Waals surface area contributed by atoms with E-state index in [1.54, 1.807) is 10.4 Å². The SMILES string of the molecule is CCOc1cc(S(=O)(=O)N2CCC[C@@H](C)C2)c(C)cc1C. The van der Waals surface area contributed by atoms with Gasteiger partial charge in [-0.3, -0.25) is 0 Å². The van der Waals surface area contributed by atoms with E-state index in [0.29, 0.717) is 36.3 Å². The molecule has 0 aliphatic carbocycles. The Kier molecular flexibility index (Phi) is 4.94. The Morgan fingerprint density at radius 1 is 1.29 bits per heavy atom. The van der Waals surface area contributed by atoms with Crippen LogP contribution in [0.5, 0.6) is 5.75 Å². The van der Waals surface area contributed by atoms with Gasteiger partial charge in [-0.05, 0) is 50.7 Å². The van der Waals surface area contributed by atoms with Crippen LogP contribution in [0.4, 0.5) is 0 Å². The van der Waals surface area contributed by atoms with Crippen molar-refractivity contribution in [2.24, 2.45) is 5.92 Å². The van der Waals surface area contributed by atoms with Gasteiger partial charge in [-0.25, -0.2) is 8.42 Å². The number of piperidine rings is 1. The highest BCUT2D eigenvalue weighted by Gasteiger charge is 2.30. The van der Waals surface area contributed by atoms with Crippen molar-refractivity contribution in [1.29, 1.82) is 0 Å². The fourth-order valence-electron chi connectivity index (χ4n) is 2.91. The van der Waals surface area contributed by atoms with Gasteiger partial charge >= 0.3 is 0 Å². The molecular weight excluding hydrogens is 286 g/mol. The molecule has 0 amide bonds. The predicted molar refractivity (Wildman–Crippen MR) is 84.2 cm³/mol.